The summed E-state index contributed by atoms with van der Waals surface area (Å²) >= 11 is 0. The third-order valence-corrected chi connectivity index (χ3v) is 12.4. The Bertz CT molecular complexity index is 3130. The molecule has 248 valence electrons. The van der Waals surface area contributed by atoms with Gasteiger partial charge >= 0.3 is 0 Å². The van der Waals surface area contributed by atoms with Crippen LogP contribution in [0.4, 0.5) is 17.1 Å². The van der Waals surface area contributed by atoms with Crippen LogP contribution in [0.2, 0.25) is 0 Å². The summed E-state index contributed by atoms with van der Waals surface area (Å²) in [6.45, 7) is 4.78. The van der Waals surface area contributed by atoms with Crippen molar-refractivity contribution >= 4 is 71.2 Å². The van der Waals surface area contributed by atoms with Gasteiger partial charge < -0.3 is 4.57 Å². The van der Waals surface area contributed by atoms with Crippen molar-refractivity contribution in [1.29, 1.82) is 0 Å². The normalized spacial score (nSPS) is 15.3. The van der Waals surface area contributed by atoms with Gasteiger partial charge in [0.15, 0.2) is 0 Å². The van der Waals surface area contributed by atoms with Crippen LogP contribution in [0.25, 0.3) is 82.1 Å². The average molecular weight is 676 g/mol. The number of hydrogen-bond donors (Lipinski definition) is 1. The number of benzene rings is 9. The molecule has 53 heavy (non-hydrogen) atoms. The number of aromatic nitrogens is 1. The van der Waals surface area contributed by atoms with Gasteiger partial charge in [0, 0.05) is 46.1 Å². The van der Waals surface area contributed by atoms with Crippen molar-refractivity contribution < 1.29 is 4.90 Å². The lowest BCUT2D eigenvalue weighted by Gasteiger charge is -2.22. The summed E-state index contributed by atoms with van der Waals surface area (Å²) in [5, 5.41) is 10.4. The van der Waals surface area contributed by atoms with Crippen molar-refractivity contribution in [3.05, 3.63) is 181 Å². The first-order valence-electron chi connectivity index (χ1n) is 18.7. The van der Waals surface area contributed by atoms with Crippen molar-refractivity contribution in [3.8, 4) is 27.9 Å². The summed E-state index contributed by atoms with van der Waals surface area (Å²) in [6, 6.07) is 63.8. The van der Waals surface area contributed by atoms with Gasteiger partial charge in [0.05, 0.1) is 22.2 Å². The van der Waals surface area contributed by atoms with Crippen LogP contribution in [0.3, 0.4) is 0 Å². The molecule has 0 amide bonds. The summed E-state index contributed by atoms with van der Waals surface area (Å²) in [5.74, 6) is 0. The molecular weight excluding hydrogens is 641 g/mol. The number of nitrogens with zero attached hydrogens (tertiary/aromatic N) is 1. The van der Waals surface area contributed by atoms with E-state index in [1.54, 1.807) is 0 Å². The molecule has 1 unspecified atom stereocenters. The molecule has 1 aromatic heterocycles. The van der Waals surface area contributed by atoms with E-state index < -0.39 is 0 Å². The van der Waals surface area contributed by atoms with E-state index in [0.29, 0.717) is 0 Å². The fourth-order valence-electron chi connectivity index (χ4n) is 10.0. The summed E-state index contributed by atoms with van der Waals surface area (Å²) in [4.78, 5) is 1.32. The topological polar surface area (TPSA) is 9.37 Å². The second-order valence-electron chi connectivity index (χ2n) is 15.4. The molecule has 9 aromatic carbocycles. The predicted molar refractivity (Wildman–Crippen MR) is 223 cm³/mol. The van der Waals surface area contributed by atoms with Gasteiger partial charge in [-0.05, 0) is 91.0 Å². The number of hydrogen-bond acceptors (Lipinski definition) is 0. The number of nitrogens with one attached hydrogen (secondary N) is 1. The summed E-state index contributed by atoms with van der Waals surface area (Å²) in [6.07, 6.45) is 0. The third kappa shape index (κ3) is 3.81. The van der Waals surface area contributed by atoms with E-state index in [2.05, 4.69) is 188 Å². The Hall–Kier alpha value is -6.48. The predicted octanol–water partition coefficient (Wildman–Crippen LogP) is 12.7. The van der Waals surface area contributed by atoms with Gasteiger partial charge in [0.1, 0.15) is 17.1 Å². The minimum absolute atomic E-state index is 0.0898. The highest BCUT2D eigenvalue weighted by Gasteiger charge is 2.41. The smallest absolute Gasteiger partial charge is 0.149 e. The van der Waals surface area contributed by atoms with Gasteiger partial charge in [-0.3, -0.25) is 0 Å². The fourth-order valence-corrected chi connectivity index (χ4v) is 10.0. The van der Waals surface area contributed by atoms with Crippen LogP contribution in [0.1, 0.15) is 25.0 Å². The van der Waals surface area contributed by atoms with Crippen molar-refractivity contribution in [2.75, 3.05) is 0 Å². The van der Waals surface area contributed by atoms with Gasteiger partial charge in [0.2, 0.25) is 0 Å². The average Bonchev–Trinajstić information content (AvgIpc) is 3.80. The molecule has 0 saturated carbocycles. The highest BCUT2D eigenvalue weighted by atomic mass is 15.2. The first-order valence-corrected chi connectivity index (χ1v) is 18.7. The lowest BCUT2D eigenvalue weighted by Crippen LogP contribution is -2.95. The van der Waals surface area contributed by atoms with E-state index in [9.17, 15) is 0 Å². The van der Waals surface area contributed by atoms with E-state index in [1.165, 1.54) is 115 Å². The minimum atomic E-state index is -0.0898. The molecule has 0 saturated heterocycles. The molecule has 0 fully saturated rings. The van der Waals surface area contributed by atoms with Gasteiger partial charge in [-0.1, -0.05) is 123 Å². The Balaban J connectivity index is 1.15. The van der Waals surface area contributed by atoms with Crippen LogP contribution < -0.4 is 4.90 Å². The number of quaternary nitrogens is 1. The quantitative estimate of drug-likeness (QED) is 0.175. The van der Waals surface area contributed by atoms with Crippen LogP contribution in [-0.4, -0.2) is 4.57 Å². The molecule has 2 heterocycles. The van der Waals surface area contributed by atoms with Gasteiger partial charge in [-0.15, -0.1) is 0 Å². The molecule has 1 aliphatic carbocycles. The number of rotatable bonds is 2. The fraction of sp³-hybridized carbons (Fsp3) is 0.0588. The van der Waals surface area contributed by atoms with Crippen molar-refractivity contribution in [1.82, 2.24) is 4.57 Å². The van der Waals surface area contributed by atoms with Crippen molar-refractivity contribution in [2.45, 2.75) is 19.3 Å². The standard InChI is InChI=1S/C51H34N2/c1-51(2)45-20-10-7-17-38(45)42-29-44-43-28-32(52-47-21-11-8-18-39(47)40-19-9-12-22-48(40)52)24-26-49(43)53(50(44)30-46(42)51)31-23-25-37-35-15-4-3-13-33(35)34-14-5-6-16-36(34)41(37)27-31/h3-30H,1-2H3/p+1. The van der Waals surface area contributed by atoms with Crippen LogP contribution >= 0.6 is 0 Å². The Kier molecular flexibility index (Phi) is 5.67. The molecule has 2 heteroatoms. The maximum Gasteiger partial charge on any atom is 0.149 e. The Morgan fingerprint density at radius 2 is 0.925 bits per heavy atom. The molecule has 0 spiro atoms. The van der Waals surface area contributed by atoms with Gasteiger partial charge in [-0.2, -0.15) is 0 Å². The zero-order valence-electron chi connectivity index (χ0n) is 29.6. The molecule has 10 aromatic rings. The van der Waals surface area contributed by atoms with Crippen LogP contribution in [0, 0.1) is 0 Å². The first kappa shape index (κ1) is 29.1. The molecule has 1 aliphatic heterocycles. The largest absolute Gasteiger partial charge is 0.309 e. The van der Waals surface area contributed by atoms with E-state index in [1.807, 2.05) is 0 Å². The lowest BCUT2D eigenvalue weighted by atomic mass is 9.82. The SMILES string of the molecule is CC1(C)c2ccccc2-c2cc3c(cc21)[NH+](c1ccc2c4ccccc4c4ccccc4c2c1)c1ccc(-n2c4ccccc4c4ccccc42)cc1-3. The van der Waals surface area contributed by atoms with Crippen molar-refractivity contribution in [3.63, 3.8) is 0 Å². The molecule has 12 rings (SSSR count). The van der Waals surface area contributed by atoms with E-state index >= 15 is 0 Å². The zero-order valence-corrected chi connectivity index (χ0v) is 29.6. The summed E-state index contributed by atoms with van der Waals surface area (Å²) in [7, 11) is 0. The van der Waals surface area contributed by atoms with Crippen LogP contribution in [0.5, 0.6) is 0 Å². The first-order chi connectivity index (χ1) is 26.1. The second-order valence-corrected chi connectivity index (χ2v) is 15.4. The Labute approximate surface area is 307 Å². The Morgan fingerprint density at radius 3 is 1.60 bits per heavy atom. The molecule has 0 bridgehead atoms. The highest BCUT2D eigenvalue weighted by Crippen LogP contribution is 2.53. The molecular formula is C51H35N2+. The monoisotopic (exact) mass is 675 g/mol. The molecule has 2 nitrogen and oxygen atoms in total. The third-order valence-electron chi connectivity index (χ3n) is 12.4. The highest BCUT2D eigenvalue weighted by molar-refractivity contribution is 6.25. The number of fused-ring (bicyclic) bond motifs is 15. The molecule has 0 radical (unpaired) electrons. The van der Waals surface area contributed by atoms with Gasteiger partial charge in [0.25, 0.3) is 0 Å². The molecule has 1 N–H and O–H groups in total. The van der Waals surface area contributed by atoms with Crippen LogP contribution in [-0.2, 0) is 5.41 Å². The summed E-state index contributed by atoms with van der Waals surface area (Å²) in [5.41, 5.74) is 15.6. The molecule has 1 atom stereocenters. The minimum Gasteiger partial charge on any atom is -0.309 e. The summed E-state index contributed by atoms with van der Waals surface area (Å²) < 4.78 is 2.45. The zero-order chi connectivity index (χ0) is 35.0. The van der Waals surface area contributed by atoms with Crippen molar-refractivity contribution in [2.24, 2.45) is 0 Å². The van der Waals surface area contributed by atoms with Crippen LogP contribution in [0.15, 0.2) is 170 Å². The Morgan fingerprint density at radius 1 is 0.377 bits per heavy atom. The molecule has 2 aliphatic rings. The maximum atomic E-state index is 2.53. The van der Waals surface area contributed by atoms with E-state index in [4.69, 9.17) is 0 Å². The lowest BCUT2D eigenvalue weighted by molar-refractivity contribution is -0.677. The van der Waals surface area contributed by atoms with Gasteiger partial charge in [-0.25, -0.2) is 4.90 Å². The van der Waals surface area contributed by atoms with E-state index in [-0.39, 0.29) is 5.41 Å². The number of para-hydroxylation sites is 2. The maximum absolute atomic E-state index is 2.53. The second kappa shape index (κ2) is 10.3. The van der Waals surface area contributed by atoms with E-state index in [0.717, 1.165) is 0 Å².